The summed E-state index contributed by atoms with van der Waals surface area (Å²) in [4.78, 5) is 15.8. The van der Waals surface area contributed by atoms with Gasteiger partial charge < -0.3 is 15.7 Å². The highest BCUT2D eigenvalue weighted by molar-refractivity contribution is 5.91. The minimum atomic E-state index is -0.0906. The molecule has 0 saturated carbocycles. The van der Waals surface area contributed by atoms with Crippen LogP contribution >= 0.6 is 0 Å². The van der Waals surface area contributed by atoms with E-state index in [0.717, 1.165) is 25.2 Å². The number of aryl methyl sites for hydroxylation is 1. The normalized spacial score (nSPS) is 19.2. The molecule has 5 heteroatoms. The number of amides is 1. The number of hydrogen-bond acceptors (Lipinski definition) is 4. The van der Waals surface area contributed by atoms with E-state index in [9.17, 15) is 9.90 Å². The number of nitrogens with zero attached hydrogens (tertiary/aromatic N) is 1. The summed E-state index contributed by atoms with van der Waals surface area (Å²) in [5.41, 5.74) is 0.764. The summed E-state index contributed by atoms with van der Waals surface area (Å²) in [5.74, 6) is 0.559. The molecule has 1 saturated heterocycles. The molecule has 1 atom stereocenters. The molecule has 1 aliphatic rings. The number of hydrogen-bond donors (Lipinski definition) is 3. The number of aromatic nitrogens is 1. The maximum atomic E-state index is 11.7. The van der Waals surface area contributed by atoms with Gasteiger partial charge in [0.05, 0.1) is 0 Å². The van der Waals surface area contributed by atoms with Crippen molar-refractivity contribution in [3.8, 4) is 5.75 Å². The molecule has 1 aromatic heterocycles. The Morgan fingerprint density at radius 3 is 3.18 bits per heavy atom. The van der Waals surface area contributed by atoms with Gasteiger partial charge in [-0.15, -0.1) is 0 Å². The second-order valence-electron chi connectivity index (χ2n) is 4.43. The van der Waals surface area contributed by atoms with E-state index in [4.69, 9.17) is 0 Å². The van der Waals surface area contributed by atoms with Gasteiger partial charge in [0, 0.05) is 12.1 Å². The van der Waals surface area contributed by atoms with E-state index in [1.807, 2.05) is 6.92 Å². The quantitative estimate of drug-likeness (QED) is 0.731. The van der Waals surface area contributed by atoms with E-state index in [1.54, 1.807) is 6.07 Å². The van der Waals surface area contributed by atoms with Crippen LogP contribution in [0.3, 0.4) is 0 Å². The maximum Gasteiger partial charge on any atom is 0.225 e. The molecule has 1 aromatic rings. The van der Waals surface area contributed by atoms with Crippen LogP contribution in [0.15, 0.2) is 12.1 Å². The first-order chi connectivity index (χ1) is 8.15. The second kappa shape index (κ2) is 5.14. The highest BCUT2D eigenvalue weighted by Crippen LogP contribution is 2.21. The molecule has 2 rings (SSSR count). The van der Waals surface area contributed by atoms with Crippen LogP contribution in [0.2, 0.25) is 0 Å². The van der Waals surface area contributed by atoms with Crippen LogP contribution in [-0.2, 0) is 4.79 Å². The van der Waals surface area contributed by atoms with Gasteiger partial charge in [0.15, 0.2) is 11.6 Å². The molecular weight excluding hydrogens is 218 g/mol. The van der Waals surface area contributed by atoms with Gasteiger partial charge >= 0.3 is 0 Å². The Morgan fingerprint density at radius 1 is 1.65 bits per heavy atom. The van der Waals surface area contributed by atoms with Crippen molar-refractivity contribution in [1.29, 1.82) is 0 Å². The van der Waals surface area contributed by atoms with Gasteiger partial charge in [-0.25, -0.2) is 4.98 Å². The highest BCUT2D eigenvalue weighted by atomic mass is 16.3. The third-order valence-corrected chi connectivity index (χ3v) is 2.91. The van der Waals surface area contributed by atoms with Gasteiger partial charge in [-0.2, -0.15) is 0 Å². The number of anilines is 1. The average molecular weight is 235 g/mol. The van der Waals surface area contributed by atoms with Gasteiger partial charge in [0.2, 0.25) is 5.91 Å². The zero-order valence-electron chi connectivity index (χ0n) is 9.86. The fourth-order valence-corrected chi connectivity index (χ4v) is 1.98. The van der Waals surface area contributed by atoms with Gasteiger partial charge in [-0.1, -0.05) is 0 Å². The Labute approximate surface area is 100 Å². The molecule has 1 unspecified atom stereocenters. The smallest absolute Gasteiger partial charge is 0.225 e. The van der Waals surface area contributed by atoms with Crippen LogP contribution in [0.4, 0.5) is 5.82 Å². The number of pyridine rings is 1. The first kappa shape index (κ1) is 11.9. The summed E-state index contributed by atoms with van der Waals surface area (Å²) in [6.07, 6.45) is 1.50. The van der Waals surface area contributed by atoms with Crippen molar-refractivity contribution in [3.63, 3.8) is 0 Å². The van der Waals surface area contributed by atoms with E-state index < -0.39 is 0 Å². The zero-order chi connectivity index (χ0) is 12.3. The molecule has 17 heavy (non-hydrogen) atoms. The summed E-state index contributed by atoms with van der Waals surface area (Å²) < 4.78 is 0. The summed E-state index contributed by atoms with van der Waals surface area (Å²) in [7, 11) is 0. The zero-order valence-corrected chi connectivity index (χ0v) is 9.86. The molecule has 2 heterocycles. The Balaban J connectivity index is 1.95. The summed E-state index contributed by atoms with van der Waals surface area (Å²) in [6.45, 7) is 3.68. The molecule has 1 fully saturated rings. The minimum Gasteiger partial charge on any atom is -0.504 e. The fraction of sp³-hybridized carbons (Fsp3) is 0.500. The maximum absolute atomic E-state index is 11.7. The lowest BCUT2D eigenvalue weighted by Gasteiger charge is -2.10. The molecule has 0 bridgehead atoms. The largest absolute Gasteiger partial charge is 0.504 e. The number of carbonyl (C=O) groups excluding carboxylic acids is 1. The topological polar surface area (TPSA) is 74.2 Å². The van der Waals surface area contributed by atoms with Crippen LogP contribution in [-0.4, -0.2) is 29.1 Å². The van der Waals surface area contributed by atoms with Crippen molar-refractivity contribution < 1.29 is 9.90 Å². The van der Waals surface area contributed by atoms with Crippen molar-refractivity contribution in [3.05, 3.63) is 17.8 Å². The summed E-state index contributed by atoms with van der Waals surface area (Å²) in [6, 6.07) is 3.24. The Bertz CT molecular complexity index is 414. The molecule has 92 valence electrons. The highest BCUT2D eigenvalue weighted by Gasteiger charge is 2.18. The van der Waals surface area contributed by atoms with Gasteiger partial charge in [0.25, 0.3) is 0 Å². The van der Waals surface area contributed by atoms with Gasteiger partial charge in [0.1, 0.15) is 0 Å². The third-order valence-electron chi connectivity index (χ3n) is 2.91. The number of aromatic hydroxyl groups is 1. The Morgan fingerprint density at radius 2 is 2.47 bits per heavy atom. The molecule has 1 amide bonds. The molecule has 1 aliphatic heterocycles. The third kappa shape index (κ3) is 3.17. The Hall–Kier alpha value is -1.62. The lowest BCUT2D eigenvalue weighted by atomic mass is 10.0. The van der Waals surface area contributed by atoms with E-state index in [0.29, 0.717) is 12.3 Å². The molecular formula is C12H17N3O2. The first-order valence-corrected chi connectivity index (χ1v) is 5.82. The van der Waals surface area contributed by atoms with E-state index in [1.165, 1.54) is 6.07 Å². The predicted molar refractivity (Wildman–Crippen MR) is 64.9 cm³/mol. The van der Waals surface area contributed by atoms with Crippen LogP contribution < -0.4 is 10.6 Å². The molecule has 0 spiro atoms. The standard InChI is InChI=1S/C12H17N3O2/c1-8-2-3-10(16)12(14-8)15-11(17)6-9-4-5-13-7-9/h2-3,9,13,16H,4-7H2,1H3,(H,14,15,17). The number of nitrogens with one attached hydrogen (secondary N) is 2. The van der Waals surface area contributed by atoms with Crippen molar-refractivity contribution >= 4 is 11.7 Å². The molecule has 3 N–H and O–H groups in total. The van der Waals surface area contributed by atoms with Crippen LogP contribution in [0.1, 0.15) is 18.5 Å². The second-order valence-corrected chi connectivity index (χ2v) is 4.43. The molecule has 0 radical (unpaired) electrons. The van der Waals surface area contributed by atoms with Crippen molar-refractivity contribution in [1.82, 2.24) is 10.3 Å². The van der Waals surface area contributed by atoms with Crippen LogP contribution in [0.25, 0.3) is 0 Å². The minimum absolute atomic E-state index is 0.00787. The van der Waals surface area contributed by atoms with E-state index in [-0.39, 0.29) is 17.5 Å². The fourth-order valence-electron chi connectivity index (χ4n) is 1.98. The molecule has 0 aromatic carbocycles. The van der Waals surface area contributed by atoms with Crippen molar-refractivity contribution in [2.24, 2.45) is 5.92 Å². The lowest BCUT2D eigenvalue weighted by Crippen LogP contribution is -2.19. The number of carbonyl (C=O) groups is 1. The van der Waals surface area contributed by atoms with Crippen molar-refractivity contribution in [2.75, 3.05) is 18.4 Å². The predicted octanol–water partition coefficient (Wildman–Crippen LogP) is 1.03. The SMILES string of the molecule is Cc1ccc(O)c(NC(=O)CC2CCNC2)n1. The lowest BCUT2D eigenvalue weighted by molar-refractivity contribution is -0.117. The first-order valence-electron chi connectivity index (χ1n) is 5.82. The molecule has 5 nitrogen and oxygen atoms in total. The number of rotatable bonds is 3. The van der Waals surface area contributed by atoms with E-state index >= 15 is 0 Å². The van der Waals surface area contributed by atoms with Gasteiger partial charge in [-0.05, 0) is 44.5 Å². The summed E-state index contributed by atoms with van der Waals surface area (Å²) in [5, 5.41) is 15.4. The average Bonchev–Trinajstić information content (AvgIpc) is 2.76. The summed E-state index contributed by atoms with van der Waals surface area (Å²) >= 11 is 0. The molecule has 0 aliphatic carbocycles. The van der Waals surface area contributed by atoms with Gasteiger partial charge in [-0.3, -0.25) is 4.79 Å². The Kier molecular flexibility index (Phi) is 3.58. The van der Waals surface area contributed by atoms with Crippen LogP contribution in [0.5, 0.6) is 5.75 Å². The monoisotopic (exact) mass is 235 g/mol. The van der Waals surface area contributed by atoms with Crippen LogP contribution in [0, 0.1) is 12.8 Å². The van der Waals surface area contributed by atoms with Crippen molar-refractivity contribution in [2.45, 2.75) is 19.8 Å². The van der Waals surface area contributed by atoms with E-state index in [2.05, 4.69) is 15.6 Å².